The topological polar surface area (TPSA) is 25.4 Å². The highest BCUT2D eigenvalue weighted by molar-refractivity contribution is 5.39. The summed E-state index contributed by atoms with van der Waals surface area (Å²) >= 11 is 0. The molecule has 2 heterocycles. The van der Waals surface area contributed by atoms with E-state index in [1.807, 2.05) is 11.0 Å². The number of rotatable bonds is 2. The van der Waals surface area contributed by atoms with E-state index in [0.717, 1.165) is 19.5 Å². The molecular weight excluding hydrogens is 183 g/mol. The predicted molar refractivity (Wildman–Crippen MR) is 51.8 cm³/mol. The van der Waals surface area contributed by atoms with Crippen molar-refractivity contribution in [3.05, 3.63) is 24.1 Å². The molecule has 1 saturated heterocycles. The minimum atomic E-state index is -0.427. The zero-order chi connectivity index (χ0) is 9.97. The molecular formula is C10H13FN2O. The summed E-state index contributed by atoms with van der Waals surface area (Å²) in [7, 11) is 1.70. The predicted octanol–water partition coefficient (Wildman–Crippen LogP) is 1.45. The van der Waals surface area contributed by atoms with Crippen molar-refractivity contribution in [2.45, 2.75) is 12.5 Å². The first-order valence-electron chi connectivity index (χ1n) is 4.70. The van der Waals surface area contributed by atoms with Crippen molar-refractivity contribution in [1.82, 2.24) is 4.98 Å². The minimum Gasteiger partial charge on any atom is -0.380 e. The normalized spacial score (nSPS) is 21.6. The molecule has 0 radical (unpaired) electrons. The lowest BCUT2D eigenvalue weighted by atomic mass is 10.3. The third-order valence-corrected chi connectivity index (χ3v) is 2.50. The van der Waals surface area contributed by atoms with Gasteiger partial charge < -0.3 is 9.64 Å². The third-order valence-electron chi connectivity index (χ3n) is 2.50. The molecule has 2 rings (SSSR count). The van der Waals surface area contributed by atoms with Crippen LogP contribution in [0, 0.1) is 5.95 Å². The maximum atomic E-state index is 12.8. The zero-order valence-corrected chi connectivity index (χ0v) is 8.11. The highest BCUT2D eigenvalue weighted by Crippen LogP contribution is 2.19. The van der Waals surface area contributed by atoms with Gasteiger partial charge in [-0.15, -0.1) is 0 Å². The van der Waals surface area contributed by atoms with Crippen molar-refractivity contribution < 1.29 is 9.13 Å². The minimum absolute atomic E-state index is 0.250. The Morgan fingerprint density at radius 3 is 3.07 bits per heavy atom. The summed E-state index contributed by atoms with van der Waals surface area (Å²) in [4.78, 5) is 5.87. The summed E-state index contributed by atoms with van der Waals surface area (Å²) in [5, 5.41) is 0. The van der Waals surface area contributed by atoms with E-state index in [4.69, 9.17) is 4.74 Å². The number of nitrogens with zero attached hydrogens (tertiary/aromatic N) is 2. The van der Waals surface area contributed by atoms with Gasteiger partial charge in [-0.25, -0.2) is 4.98 Å². The number of aromatic nitrogens is 1. The van der Waals surface area contributed by atoms with Crippen LogP contribution in [0.15, 0.2) is 18.2 Å². The highest BCUT2D eigenvalue weighted by Gasteiger charge is 2.22. The Morgan fingerprint density at radius 2 is 2.43 bits per heavy atom. The first-order chi connectivity index (χ1) is 6.79. The van der Waals surface area contributed by atoms with E-state index >= 15 is 0 Å². The Bertz CT molecular complexity index is 319. The molecule has 76 valence electrons. The summed E-state index contributed by atoms with van der Waals surface area (Å²) < 4.78 is 18.1. The lowest BCUT2D eigenvalue weighted by molar-refractivity contribution is 0.121. The average molecular weight is 196 g/mol. The van der Waals surface area contributed by atoms with Crippen LogP contribution >= 0.6 is 0 Å². The SMILES string of the molecule is COC1CCN(c2cccc(F)n2)C1. The van der Waals surface area contributed by atoms with Gasteiger partial charge in [0.1, 0.15) is 5.82 Å². The largest absolute Gasteiger partial charge is 0.380 e. The lowest BCUT2D eigenvalue weighted by Crippen LogP contribution is -2.23. The van der Waals surface area contributed by atoms with Gasteiger partial charge in [-0.05, 0) is 18.6 Å². The standard InChI is InChI=1S/C10H13FN2O/c1-14-8-5-6-13(7-8)10-4-2-3-9(11)12-10/h2-4,8H,5-7H2,1H3. The van der Waals surface area contributed by atoms with Crippen LogP contribution in [-0.2, 0) is 4.74 Å². The Kier molecular flexibility index (Phi) is 2.63. The quantitative estimate of drug-likeness (QED) is 0.669. The molecule has 0 amide bonds. The van der Waals surface area contributed by atoms with E-state index in [0.29, 0.717) is 5.82 Å². The van der Waals surface area contributed by atoms with Crippen LogP contribution in [0.3, 0.4) is 0 Å². The van der Waals surface area contributed by atoms with Crippen molar-refractivity contribution >= 4 is 5.82 Å². The maximum absolute atomic E-state index is 12.8. The average Bonchev–Trinajstić information content (AvgIpc) is 2.66. The molecule has 0 aromatic carbocycles. The second-order valence-corrected chi connectivity index (χ2v) is 3.41. The molecule has 1 aliphatic heterocycles. The van der Waals surface area contributed by atoms with Crippen LogP contribution in [0.25, 0.3) is 0 Å². The summed E-state index contributed by atoms with van der Waals surface area (Å²) in [5.41, 5.74) is 0. The number of pyridine rings is 1. The number of methoxy groups -OCH3 is 1. The van der Waals surface area contributed by atoms with Gasteiger partial charge in [-0.2, -0.15) is 4.39 Å². The molecule has 1 atom stereocenters. The molecule has 1 fully saturated rings. The van der Waals surface area contributed by atoms with E-state index < -0.39 is 5.95 Å². The number of ether oxygens (including phenoxy) is 1. The van der Waals surface area contributed by atoms with E-state index in [-0.39, 0.29) is 6.10 Å². The van der Waals surface area contributed by atoms with Crippen molar-refractivity contribution in [3.8, 4) is 0 Å². The second kappa shape index (κ2) is 3.92. The van der Waals surface area contributed by atoms with Gasteiger partial charge in [0, 0.05) is 20.2 Å². The fourth-order valence-electron chi connectivity index (χ4n) is 1.70. The van der Waals surface area contributed by atoms with Crippen molar-refractivity contribution in [1.29, 1.82) is 0 Å². The summed E-state index contributed by atoms with van der Waals surface area (Å²) in [6, 6.07) is 4.85. The smallest absolute Gasteiger partial charge is 0.214 e. The zero-order valence-electron chi connectivity index (χ0n) is 8.11. The molecule has 0 spiro atoms. The van der Waals surface area contributed by atoms with Crippen LogP contribution in [0.5, 0.6) is 0 Å². The molecule has 0 aliphatic carbocycles. The van der Waals surface area contributed by atoms with Gasteiger partial charge in [-0.3, -0.25) is 0 Å². The van der Waals surface area contributed by atoms with E-state index in [9.17, 15) is 4.39 Å². The molecule has 1 aromatic heterocycles. The molecule has 3 nitrogen and oxygen atoms in total. The van der Waals surface area contributed by atoms with Crippen LogP contribution < -0.4 is 4.90 Å². The Balaban J connectivity index is 2.09. The summed E-state index contributed by atoms with van der Waals surface area (Å²) in [5.74, 6) is 0.271. The molecule has 1 aromatic rings. The fourth-order valence-corrected chi connectivity index (χ4v) is 1.70. The molecule has 14 heavy (non-hydrogen) atoms. The van der Waals surface area contributed by atoms with E-state index in [2.05, 4.69) is 4.98 Å². The number of halogens is 1. The van der Waals surface area contributed by atoms with E-state index in [1.54, 1.807) is 13.2 Å². The number of hydrogen-bond acceptors (Lipinski definition) is 3. The van der Waals surface area contributed by atoms with Gasteiger partial charge in [0.05, 0.1) is 6.10 Å². The molecule has 0 saturated carbocycles. The van der Waals surface area contributed by atoms with Crippen LogP contribution in [0.2, 0.25) is 0 Å². The molecule has 0 N–H and O–H groups in total. The maximum Gasteiger partial charge on any atom is 0.214 e. The summed E-state index contributed by atoms with van der Waals surface area (Å²) in [6.45, 7) is 1.68. The molecule has 1 aliphatic rings. The van der Waals surface area contributed by atoms with Gasteiger partial charge in [0.25, 0.3) is 0 Å². The first-order valence-corrected chi connectivity index (χ1v) is 4.70. The van der Waals surface area contributed by atoms with Gasteiger partial charge in [-0.1, -0.05) is 6.07 Å². The monoisotopic (exact) mass is 196 g/mol. The Morgan fingerprint density at radius 1 is 1.57 bits per heavy atom. The van der Waals surface area contributed by atoms with Crippen LogP contribution in [0.4, 0.5) is 10.2 Å². The first kappa shape index (κ1) is 9.40. The van der Waals surface area contributed by atoms with Crippen LogP contribution in [-0.4, -0.2) is 31.3 Å². The summed E-state index contributed by atoms with van der Waals surface area (Å²) in [6.07, 6.45) is 1.23. The highest BCUT2D eigenvalue weighted by atomic mass is 19.1. The second-order valence-electron chi connectivity index (χ2n) is 3.41. The van der Waals surface area contributed by atoms with Gasteiger partial charge in [0.2, 0.25) is 5.95 Å². The number of hydrogen-bond donors (Lipinski definition) is 0. The van der Waals surface area contributed by atoms with Crippen LogP contribution in [0.1, 0.15) is 6.42 Å². The lowest BCUT2D eigenvalue weighted by Gasteiger charge is -2.16. The van der Waals surface area contributed by atoms with E-state index in [1.165, 1.54) is 6.07 Å². The number of anilines is 1. The molecule has 0 bridgehead atoms. The van der Waals surface area contributed by atoms with Crippen molar-refractivity contribution in [2.24, 2.45) is 0 Å². The Hall–Kier alpha value is -1.16. The third kappa shape index (κ3) is 1.85. The Labute approximate surface area is 82.5 Å². The van der Waals surface area contributed by atoms with Crippen molar-refractivity contribution in [2.75, 3.05) is 25.1 Å². The van der Waals surface area contributed by atoms with Gasteiger partial charge >= 0.3 is 0 Å². The molecule has 4 heteroatoms. The van der Waals surface area contributed by atoms with Crippen molar-refractivity contribution in [3.63, 3.8) is 0 Å². The van der Waals surface area contributed by atoms with Gasteiger partial charge in [0.15, 0.2) is 0 Å². The molecule has 1 unspecified atom stereocenters. The fraction of sp³-hybridized carbons (Fsp3) is 0.500.